The van der Waals surface area contributed by atoms with Crippen LogP contribution in [0.5, 0.6) is 11.5 Å². The third-order valence-corrected chi connectivity index (χ3v) is 8.84. The third-order valence-electron chi connectivity index (χ3n) is 8.84. The Bertz CT molecular complexity index is 2200. The van der Waals surface area contributed by atoms with Crippen LogP contribution in [-0.2, 0) is 6.42 Å². The molecule has 0 radical (unpaired) electrons. The Morgan fingerprint density at radius 2 is 1.51 bits per heavy atom. The molecule has 0 saturated carbocycles. The highest BCUT2D eigenvalue weighted by Crippen LogP contribution is 2.46. The van der Waals surface area contributed by atoms with Gasteiger partial charge in [-0.3, -0.25) is 4.57 Å². The standard InChI is InChI=1S/C38H28N4O/c1-40-24-41(33-14-5-4-13-32(33)40)27-10-8-11-28(22-27)43-29-17-18-31-35(23-29)42(36-15-6-7-20-39-36)34-19-16-26-21-25-9-2-3-12-30(25)37(26)38(31)34/h2-20,22-23H,21,24H2,1H3. The molecule has 0 saturated heterocycles. The lowest BCUT2D eigenvalue weighted by Gasteiger charge is -2.20. The lowest BCUT2D eigenvalue weighted by molar-refractivity contribution is 0.483. The van der Waals surface area contributed by atoms with Crippen molar-refractivity contribution in [1.82, 2.24) is 9.55 Å². The Hall–Kier alpha value is -5.55. The molecule has 3 heterocycles. The molecule has 0 N–H and O–H groups in total. The number of pyridine rings is 1. The van der Waals surface area contributed by atoms with E-state index >= 15 is 0 Å². The summed E-state index contributed by atoms with van der Waals surface area (Å²) in [5.74, 6) is 2.49. The quantitative estimate of drug-likeness (QED) is 0.217. The van der Waals surface area contributed by atoms with Crippen LogP contribution in [0, 0.1) is 0 Å². The maximum Gasteiger partial charge on any atom is 0.137 e. The van der Waals surface area contributed by atoms with Crippen molar-refractivity contribution in [2.24, 2.45) is 0 Å². The molecule has 2 aliphatic rings. The van der Waals surface area contributed by atoms with Gasteiger partial charge in [0.2, 0.25) is 0 Å². The summed E-state index contributed by atoms with van der Waals surface area (Å²) in [6.07, 6.45) is 2.82. The van der Waals surface area contributed by atoms with E-state index in [1.807, 2.05) is 24.4 Å². The number of hydrogen-bond donors (Lipinski definition) is 0. The van der Waals surface area contributed by atoms with Gasteiger partial charge in [0, 0.05) is 41.8 Å². The lowest BCUT2D eigenvalue weighted by atomic mass is 9.99. The van der Waals surface area contributed by atoms with Crippen molar-refractivity contribution >= 4 is 38.9 Å². The summed E-state index contributed by atoms with van der Waals surface area (Å²) in [4.78, 5) is 9.35. The second kappa shape index (κ2) is 9.23. The second-order valence-electron chi connectivity index (χ2n) is 11.4. The molecule has 0 amide bonds. The van der Waals surface area contributed by atoms with Crippen LogP contribution in [0.15, 0.2) is 128 Å². The van der Waals surface area contributed by atoms with Gasteiger partial charge in [-0.2, -0.15) is 0 Å². The Morgan fingerprint density at radius 1 is 0.674 bits per heavy atom. The smallest absolute Gasteiger partial charge is 0.137 e. The zero-order valence-electron chi connectivity index (χ0n) is 23.7. The first kappa shape index (κ1) is 24.1. The number of ether oxygens (including phenoxy) is 1. The van der Waals surface area contributed by atoms with Crippen LogP contribution in [0.25, 0.3) is 38.8 Å². The van der Waals surface area contributed by atoms with Gasteiger partial charge in [0.05, 0.1) is 29.1 Å². The van der Waals surface area contributed by atoms with Crippen molar-refractivity contribution < 1.29 is 4.74 Å². The highest BCUT2D eigenvalue weighted by atomic mass is 16.5. The van der Waals surface area contributed by atoms with Crippen LogP contribution in [0.1, 0.15) is 11.1 Å². The van der Waals surface area contributed by atoms with Crippen molar-refractivity contribution in [3.8, 4) is 28.4 Å². The summed E-state index contributed by atoms with van der Waals surface area (Å²) in [6, 6.07) is 42.7. The minimum absolute atomic E-state index is 0.792. The van der Waals surface area contributed by atoms with E-state index in [9.17, 15) is 0 Å². The van der Waals surface area contributed by atoms with Gasteiger partial charge in [-0.25, -0.2) is 4.98 Å². The van der Waals surface area contributed by atoms with Crippen LogP contribution >= 0.6 is 0 Å². The molecule has 1 aliphatic heterocycles. The number of rotatable bonds is 4. The van der Waals surface area contributed by atoms with Crippen LogP contribution in [0.2, 0.25) is 0 Å². The van der Waals surface area contributed by atoms with Crippen LogP contribution in [0.3, 0.4) is 0 Å². The molecular formula is C38H28N4O. The van der Waals surface area contributed by atoms with E-state index in [2.05, 4.69) is 125 Å². The number of hydrogen-bond acceptors (Lipinski definition) is 4. The highest BCUT2D eigenvalue weighted by molar-refractivity contribution is 6.17. The van der Waals surface area contributed by atoms with Gasteiger partial charge >= 0.3 is 0 Å². The molecule has 9 rings (SSSR count). The second-order valence-corrected chi connectivity index (χ2v) is 11.4. The summed E-state index contributed by atoms with van der Waals surface area (Å²) in [5.41, 5.74) is 11.2. The Morgan fingerprint density at radius 3 is 2.42 bits per heavy atom. The topological polar surface area (TPSA) is 33.5 Å². The van der Waals surface area contributed by atoms with Gasteiger partial charge in [0.1, 0.15) is 17.3 Å². The Balaban J connectivity index is 1.18. The molecule has 0 atom stereocenters. The predicted octanol–water partition coefficient (Wildman–Crippen LogP) is 9.09. The van der Waals surface area contributed by atoms with Gasteiger partial charge in [-0.15, -0.1) is 0 Å². The molecule has 43 heavy (non-hydrogen) atoms. The molecule has 5 nitrogen and oxygen atoms in total. The maximum absolute atomic E-state index is 6.56. The summed E-state index contributed by atoms with van der Waals surface area (Å²) >= 11 is 0. The molecule has 0 spiro atoms. The first-order valence-electron chi connectivity index (χ1n) is 14.7. The van der Waals surface area contributed by atoms with E-state index in [1.165, 1.54) is 44.4 Å². The average Bonchev–Trinajstić information content (AvgIpc) is 3.70. The van der Waals surface area contributed by atoms with Gasteiger partial charge in [0.15, 0.2) is 0 Å². The SMILES string of the molecule is CN1CN(c2cccc(Oc3ccc4c5c6c(ccc5n(-c5ccccn5)c4c3)Cc3ccccc3-6)c2)c2ccccc21. The average molecular weight is 557 g/mol. The maximum atomic E-state index is 6.56. The number of para-hydroxylation sites is 2. The monoisotopic (exact) mass is 556 g/mol. The first-order valence-corrected chi connectivity index (χ1v) is 14.7. The third kappa shape index (κ3) is 3.68. The zero-order chi connectivity index (χ0) is 28.5. The number of nitrogens with zero attached hydrogens (tertiary/aromatic N) is 4. The molecule has 0 fully saturated rings. The molecule has 5 aromatic carbocycles. The molecule has 1 aliphatic carbocycles. The van der Waals surface area contributed by atoms with E-state index in [0.717, 1.165) is 47.1 Å². The summed E-state index contributed by atoms with van der Waals surface area (Å²) in [6.45, 7) is 0.798. The predicted molar refractivity (Wildman–Crippen MR) is 175 cm³/mol. The molecule has 2 aromatic heterocycles. The van der Waals surface area contributed by atoms with Crippen molar-refractivity contribution in [2.45, 2.75) is 6.42 Å². The minimum Gasteiger partial charge on any atom is -0.457 e. The van der Waals surface area contributed by atoms with Crippen molar-refractivity contribution in [1.29, 1.82) is 0 Å². The molecule has 7 aromatic rings. The largest absolute Gasteiger partial charge is 0.457 e. The summed E-state index contributed by atoms with van der Waals surface area (Å²) in [7, 11) is 2.13. The Kier molecular flexibility index (Phi) is 5.17. The van der Waals surface area contributed by atoms with Gasteiger partial charge in [-0.05, 0) is 83.3 Å². The lowest BCUT2D eigenvalue weighted by Crippen LogP contribution is -2.23. The van der Waals surface area contributed by atoms with Crippen molar-refractivity contribution in [2.75, 3.05) is 23.5 Å². The van der Waals surface area contributed by atoms with Gasteiger partial charge < -0.3 is 14.5 Å². The number of anilines is 3. The van der Waals surface area contributed by atoms with Gasteiger partial charge in [-0.1, -0.05) is 54.6 Å². The fraction of sp³-hybridized carbons (Fsp3) is 0.0789. The normalized spacial score (nSPS) is 13.4. The van der Waals surface area contributed by atoms with E-state index in [0.29, 0.717) is 0 Å². The van der Waals surface area contributed by atoms with Crippen LogP contribution in [0.4, 0.5) is 17.1 Å². The van der Waals surface area contributed by atoms with E-state index in [-0.39, 0.29) is 0 Å². The van der Waals surface area contributed by atoms with Crippen molar-refractivity contribution in [3.05, 3.63) is 139 Å². The minimum atomic E-state index is 0.792. The molecule has 206 valence electrons. The molecule has 0 unspecified atom stereocenters. The fourth-order valence-corrected chi connectivity index (χ4v) is 6.96. The number of benzene rings is 5. The van der Waals surface area contributed by atoms with Gasteiger partial charge in [0.25, 0.3) is 0 Å². The number of aromatic nitrogens is 2. The van der Waals surface area contributed by atoms with Crippen LogP contribution < -0.4 is 14.5 Å². The van der Waals surface area contributed by atoms with Crippen LogP contribution in [-0.4, -0.2) is 23.3 Å². The summed E-state index contributed by atoms with van der Waals surface area (Å²) < 4.78 is 8.83. The first-order chi connectivity index (χ1) is 21.2. The van der Waals surface area contributed by atoms with E-state index in [1.54, 1.807) is 0 Å². The molecule has 0 bridgehead atoms. The van der Waals surface area contributed by atoms with E-state index < -0.39 is 0 Å². The fourth-order valence-electron chi connectivity index (χ4n) is 6.96. The summed E-state index contributed by atoms with van der Waals surface area (Å²) in [5, 5.41) is 2.47. The van der Waals surface area contributed by atoms with Crippen molar-refractivity contribution in [3.63, 3.8) is 0 Å². The zero-order valence-corrected chi connectivity index (χ0v) is 23.7. The van der Waals surface area contributed by atoms with E-state index in [4.69, 9.17) is 9.72 Å². The molecule has 5 heteroatoms. The number of fused-ring (bicyclic) bond motifs is 8. The molecular weight excluding hydrogens is 528 g/mol. The Labute approximate surface area is 249 Å². The highest BCUT2D eigenvalue weighted by Gasteiger charge is 2.26.